The average molecular weight is 330 g/mol. The first-order valence-electron chi connectivity index (χ1n) is 8.38. The van der Waals surface area contributed by atoms with Gasteiger partial charge in [0.2, 0.25) is 0 Å². The molecule has 2 N–H and O–H groups in total. The highest BCUT2D eigenvalue weighted by atomic mass is 16.1. The van der Waals surface area contributed by atoms with Gasteiger partial charge in [-0.15, -0.1) is 0 Å². The normalized spacial score (nSPS) is 10.3. The molecule has 0 aliphatic rings. The van der Waals surface area contributed by atoms with Crippen molar-refractivity contribution in [3.05, 3.63) is 95.1 Å². The SMILES string of the molecule is Cc1cccc(C(=O)Nc2ccc(NCc3ccccc3C)cc2)c1. The lowest BCUT2D eigenvalue weighted by molar-refractivity contribution is 0.102. The Labute approximate surface area is 148 Å². The molecular formula is C22H22N2O. The first-order valence-corrected chi connectivity index (χ1v) is 8.38. The summed E-state index contributed by atoms with van der Waals surface area (Å²) in [4.78, 5) is 12.3. The molecule has 0 saturated heterocycles. The van der Waals surface area contributed by atoms with E-state index in [0.717, 1.165) is 23.5 Å². The van der Waals surface area contributed by atoms with E-state index in [1.165, 1.54) is 11.1 Å². The van der Waals surface area contributed by atoms with E-state index >= 15 is 0 Å². The van der Waals surface area contributed by atoms with Crippen LogP contribution in [0.2, 0.25) is 0 Å². The van der Waals surface area contributed by atoms with Gasteiger partial charge in [0.05, 0.1) is 0 Å². The second-order valence-corrected chi connectivity index (χ2v) is 6.18. The number of rotatable bonds is 5. The van der Waals surface area contributed by atoms with Gasteiger partial charge in [-0.1, -0.05) is 42.0 Å². The van der Waals surface area contributed by atoms with Crippen LogP contribution in [0, 0.1) is 13.8 Å². The first kappa shape index (κ1) is 16.8. The van der Waals surface area contributed by atoms with Crippen molar-refractivity contribution in [2.75, 3.05) is 10.6 Å². The monoisotopic (exact) mass is 330 g/mol. The molecule has 0 bridgehead atoms. The molecule has 0 saturated carbocycles. The van der Waals surface area contributed by atoms with Crippen LogP contribution in [0.5, 0.6) is 0 Å². The summed E-state index contributed by atoms with van der Waals surface area (Å²) in [6.07, 6.45) is 0. The van der Waals surface area contributed by atoms with Gasteiger partial charge in [0.25, 0.3) is 5.91 Å². The maximum absolute atomic E-state index is 12.3. The summed E-state index contributed by atoms with van der Waals surface area (Å²) < 4.78 is 0. The molecule has 126 valence electrons. The van der Waals surface area contributed by atoms with Crippen molar-refractivity contribution in [2.24, 2.45) is 0 Å². The van der Waals surface area contributed by atoms with Crippen LogP contribution >= 0.6 is 0 Å². The van der Waals surface area contributed by atoms with Gasteiger partial charge in [-0.05, 0) is 61.4 Å². The molecule has 3 aromatic carbocycles. The molecule has 0 aromatic heterocycles. The highest BCUT2D eigenvalue weighted by Gasteiger charge is 2.06. The zero-order chi connectivity index (χ0) is 17.6. The number of hydrogen-bond acceptors (Lipinski definition) is 2. The summed E-state index contributed by atoms with van der Waals surface area (Å²) in [6.45, 7) is 4.87. The number of anilines is 2. The summed E-state index contributed by atoms with van der Waals surface area (Å²) in [5.74, 6) is -0.0932. The van der Waals surface area contributed by atoms with Gasteiger partial charge in [-0.25, -0.2) is 0 Å². The Morgan fingerprint density at radius 1 is 0.840 bits per heavy atom. The Balaban J connectivity index is 1.60. The largest absolute Gasteiger partial charge is 0.381 e. The number of amides is 1. The Bertz CT molecular complexity index is 869. The number of benzene rings is 3. The van der Waals surface area contributed by atoms with Crippen LogP contribution in [-0.2, 0) is 6.54 Å². The molecule has 0 aliphatic heterocycles. The minimum Gasteiger partial charge on any atom is -0.381 e. The third-order valence-electron chi connectivity index (χ3n) is 4.17. The van der Waals surface area contributed by atoms with Crippen LogP contribution in [0.3, 0.4) is 0 Å². The Kier molecular flexibility index (Phi) is 5.14. The van der Waals surface area contributed by atoms with Crippen molar-refractivity contribution in [3.63, 3.8) is 0 Å². The quantitative estimate of drug-likeness (QED) is 0.678. The lowest BCUT2D eigenvalue weighted by Gasteiger charge is -2.10. The molecule has 3 aromatic rings. The summed E-state index contributed by atoms with van der Waals surface area (Å²) in [6, 6.07) is 23.7. The van der Waals surface area contributed by atoms with E-state index in [2.05, 4.69) is 29.7 Å². The van der Waals surface area contributed by atoms with Crippen molar-refractivity contribution in [1.82, 2.24) is 0 Å². The van der Waals surface area contributed by atoms with Crippen LogP contribution in [-0.4, -0.2) is 5.91 Å². The van der Waals surface area contributed by atoms with E-state index in [-0.39, 0.29) is 5.91 Å². The third-order valence-corrected chi connectivity index (χ3v) is 4.17. The molecule has 3 heteroatoms. The second-order valence-electron chi connectivity index (χ2n) is 6.18. The van der Waals surface area contributed by atoms with Gasteiger partial charge in [0, 0.05) is 23.5 Å². The number of nitrogens with one attached hydrogen (secondary N) is 2. The van der Waals surface area contributed by atoms with Gasteiger partial charge < -0.3 is 10.6 Å². The fourth-order valence-corrected chi connectivity index (χ4v) is 2.67. The molecule has 0 atom stereocenters. The minimum atomic E-state index is -0.0932. The Hall–Kier alpha value is -3.07. The molecule has 0 radical (unpaired) electrons. The summed E-state index contributed by atoms with van der Waals surface area (Å²) in [7, 11) is 0. The van der Waals surface area contributed by atoms with Gasteiger partial charge in [-0.3, -0.25) is 4.79 Å². The number of hydrogen-bond donors (Lipinski definition) is 2. The second kappa shape index (κ2) is 7.67. The van der Waals surface area contributed by atoms with Crippen molar-refractivity contribution < 1.29 is 4.79 Å². The predicted octanol–water partition coefficient (Wildman–Crippen LogP) is 5.17. The highest BCUT2D eigenvalue weighted by Crippen LogP contribution is 2.17. The topological polar surface area (TPSA) is 41.1 Å². The lowest BCUT2D eigenvalue weighted by Crippen LogP contribution is -2.11. The van der Waals surface area contributed by atoms with Gasteiger partial charge >= 0.3 is 0 Å². The molecule has 0 spiro atoms. The van der Waals surface area contributed by atoms with E-state index in [1.807, 2.05) is 67.6 Å². The predicted molar refractivity (Wildman–Crippen MR) is 104 cm³/mol. The van der Waals surface area contributed by atoms with E-state index in [9.17, 15) is 4.79 Å². The molecule has 3 rings (SSSR count). The number of aryl methyl sites for hydroxylation is 2. The van der Waals surface area contributed by atoms with Gasteiger partial charge in [0.1, 0.15) is 0 Å². The summed E-state index contributed by atoms with van der Waals surface area (Å²) in [5, 5.41) is 6.34. The van der Waals surface area contributed by atoms with Crippen molar-refractivity contribution in [1.29, 1.82) is 0 Å². The molecule has 3 nitrogen and oxygen atoms in total. The molecule has 0 fully saturated rings. The lowest BCUT2D eigenvalue weighted by atomic mass is 10.1. The Morgan fingerprint density at radius 3 is 2.28 bits per heavy atom. The maximum Gasteiger partial charge on any atom is 0.255 e. The molecular weight excluding hydrogens is 308 g/mol. The van der Waals surface area contributed by atoms with E-state index in [1.54, 1.807) is 0 Å². The fourth-order valence-electron chi connectivity index (χ4n) is 2.67. The van der Waals surface area contributed by atoms with E-state index in [0.29, 0.717) is 5.56 Å². The van der Waals surface area contributed by atoms with Gasteiger partial charge in [0.15, 0.2) is 0 Å². The van der Waals surface area contributed by atoms with Crippen LogP contribution in [0.1, 0.15) is 27.0 Å². The Morgan fingerprint density at radius 2 is 1.56 bits per heavy atom. The molecule has 1 amide bonds. The standard InChI is InChI=1S/C22H22N2O/c1-16-6-5-9-18(14-16)22(25)24-21-12-10-20(11-13-21)23-15-19-8-4-3-7-17(19)2/h3-14,23H,15H2,1-2H3,(H,24,25). The molecule has 0 unspecified atom stereocenters. The van der Waals surface area contributed by atoms with Crippen LogP contribution in [0.15, 0.2) is 72.8 Å². The van der Waals surface area contributed by atoms with Crippen LogP contribution in [0.25, 0.3) is 0 Å². The number of carbonyl (C=O) groups excluding carboxylic acids is 1. The number of carbonyl (C=O) groups is 1. The zero-order valence-corrected chi connectivity index (χ0v) is 14.5. The van der Waals surface area contributed by atoms with Crippen molar-refractivity contribution >= 4 is 17.3 Å². The average Bonchev–Trinajstić information content (AvgIpc) is 2.62. The van der Waals surface area contributed by atoms with E-state index < -0.39 is 0 Å². The van der Waals surface area contributed by atoms with Crippen molar-refractivity contribution in [2.45, 2.75) is 20.4 Å². The minimum absolute atomic E-state index is 0.0932. The van der Waals surface area contributed by atoms with Crippen molar-refractivity contribution in [3.8, 4) is 0 Å². The van der Waals surface area contributed by atoms with Gasteiger partial charge in [-0.2, -0.15) is 0 Å². The fraction of sp³-hybridized carbons (Fsp3) is 0.136. The summed E-state index contributed by atoms with van der Waals surface area (Å²) >= 11 is 0. The smallest absolute Gasteiger partial charge is 0.255 e. The molecule has 0 heterocycles. The third kappa shape index (κ3) is 4.48. The highest BCUT2D eigenvalue weighted by molar-refractivity contribution is 6.04. The van der Waals surface area contributed by atoms with E-state index in [4.69, 9.17) is 0 Å². The molecule has 0 aliphatic carbocycles. The van der Waals surface area contributed by atoms with Crippen LogP contribution in [0.4, 0.5) is 11.4 Å². The summed E-state index contributed by atoms with van der Waals surface area (Å²) in [5.41, 5.74) is 6.10. The van der Waals surface area contributed by atoms with Crippen LogP contribution < -0.4 is 10.6 Å². The first-order chi connectivity index (χ1) is 12.1. The molecule has 25 heavy (non-hydrogen) atoms. The maximum atomic E-state index is 12.3. The zero-order valence-electron chi connectivity index (χ0n) is 14.5.